The van der Waals surface area contributed by atoms with Gasteiger partial charge in [0.1, 0.15) is 6.54 Å². The molecule has 0 saturated carbocycles. The number of methoxy groups -OCH3 is 1. The van der Waals surface area contributed by atoms with Crippen molar-refractivity contribution in [2.75, 3.05) is 39.9 Å². The highest BCUT2D eigenvalue weighted by molar-refractivity contribution is 6.35. The second kappa shape index (κ2) is 9.02. The van der Waals surface area contributed by atoms with E-state index >= 15 is 0 Å². The third kappa shape index (κ3) is 5.06. The number of amides is 3. The van der Waals surface area contributed by atoms with Crippen LogP contribution in [-0.4, -0.2) is 67.4 Å². The van der Waals surface area contributed by atoms with Crippen molar-refractivity contribution in [1.82, 2.24) is 15.1 Å². The summed E-state index contributed by atoms with van der Waals surface area (Å²) in [4.78, 5) is 39.0. The van der Waals surface area contributed by atoms with Crippen LogP contribution in [0.2, 0.25) is 0 Å². The minimum atomic E-state index is -0.621. The lowest BCUT2D eigenvalue weighted by Crippen LogP contribution is -2.56. The highest BCUT2D eigenvalue weighted by Crippen LogP contribution is 2.10. The van der Waals surface area contributed by atoms with Crippen LogP contribution in [0, 0.1) is 0 Å². The summed E-state index contributed by atoms with van der Waals surface area (Å²) in [6.45, 7) is 2.16. The molecule has 1 heterocycles. The zero-order valence-corrected chi connectivity index (χ0v) is 13.9. The van der Waals surface area contributed by atoms with Gasteiger partial charge in [0.2, 0.25) is 5.91 Å². The van der Waals surface area contributed by atoms with Gasteiger partial charge in [0.25, 0.3) is 0 Å². The summed E-state index contributed by atoms with van der Waals surface area (Å²) in [7, 11) is 1.60. The minimum absolute atomic E-state index is 0.0866. The highest BCUT2D eigenvalue weighted by Gasteiger charge is 2.33. The number of rotatable bonds is 8. The van der Waals surface area contributed by atoms with Crippen LogP contribution in [0.1, 0.15) is 12.0 Å². The number of carbonyl (C=O) groups excluding carboxylic acids is 3. The molecule has 130 valence electrons. The molecule has 0 aromatic heterocycles. The largest absolute Gasteiger partial charge is 0.385 e. The second-order valence-corrected chi connectivity index (χ2v) is 5.64. The maximum Gasteiger partial charge on any atom is 0.312 e. The average molecular weight is 333 g/mol. The summed E-state index contributed by atoms with van der Waals surface area (Å²) in [6.07, 6.45) is 0.708. The van der Waals surface area contributed by atoms with Crippen molar-refractivity contribution in [3.8, 4) is 0 Å². The van der Waals surface area contributed by atoms with Gasteiger partial charge in [-0.2, -0.15) is 0 Å². The first-order valence-electron chi connectivity index (χ1n) is 7.99. The predicted molar refractivity (Wildman–Crippen MR) is 87.9 cm³/mol. The van der Waals surface area contributed by atoms with Crippen molar-refractivity contribution in [2.24, 2.45) is 0 Å². The lowest BCUT2D eigenvalue weighted by atomic mass is 10.2. The highest BCUT2D eigenvalue weighted by atomic mass is 16.5. The summed E-state index contributed by atoms with van der Waals surface area (Å²) in [5.74, 6) is -1.44. The molecular formula is C17H23N3O4. The Bertz CT molecular complexity index is 576. The van der Waals surface area contributed by atoms with Crippen LogP contribution < -0.4 is 5.32 Å². The fourth-order valence-corrected chi connectivity index (χ4v) is 2.49. The van der Waals surface area contributed by atoms with Crippen LogP contribution in [0.4, 0.5) is 0 Å². The molecule has 1 aliphatic heterocycles. The number of hydrogen-bond acceptors (Lipinski definition) is 4. The minimum Gasteiger partial charge on any atom is -0.385 e. The Morgan fingerprint density at radius 1 is 1.12 bits per heavy atom. The SMILES string of the molecule is COCCCNC(=O)CN1CCN(Cc2ccccc2)C(=O)C1=O. The molecule has 7 nitrogen and oxygen atoms in total. The molecule has 0 bridgehead atoms. The van der Waals surface area contributed by atoms with E-state index in [0.29, 0.717) is 39.2 Å². The number of hydrogen-bond donors (Lipinski definition) is 1. The first-order valence-corrected chi connectivity index (χ1v) is 7.99. The van der Waals surface area contributed by atoms with E-state index in [9.17, 15) is 14.4 Å². The van der Waals surface area contributed by atoms with E-state index in [1.807, 2.05) is 30.3 Å². The zero-order chi connectivity index (χ0) is 17.4. The van der Waals surface area contributed by atoms with Gasteiger partial charge in [-0.3, -0.25) is 14.4 Å². The first kappa shape index (κ1) is 17.9. The molecule has 7 heteroatoms. The summed E-state index contributed by atoms with van der Waals surface area (Å²) in [5, 5.41) is 2.71. The van der Waals surface area contributed by atoms with Gasteiger partial charge in [-0.25, -0.2) is 0 Å². The molecule has 0 spiro atoms. The normalized spacial score (nSPS) is 14.9. The summed E-state index contributed by atoms with van der Waals surface area (Å²) in [6, 6.07) is 9.52. The fourth-order valence-electron chi connectivity index (χ4n) is 2.49. The van der Waals surface area contributed by atoms with Crippen LogP contribution in [-0.2, 0) is 25.7 Å². The number of nitrogens with one attached hydrogen (secondary N) is 1. The lowest BCUT2D eigenvalue weighted by Gasteiger charge is -2.33. The molecule has 2 rings (SSSR count). The van der Waals surface area contributed by atoms with Crippen LogP contribution in [0.3, 0.4) is 0 Å². The standard InChI is InChI=1S/C17H23N3O4/c1-24-11-5-8-18-15(21)13-20-10-9-19(16(22)17(20)23)12-14-6-3-2-4-7-14/h2-4,6-7H,5,8-13H2,1H3,(H,18,21). The van der Waals surface area contributed by atoms with E-state index in [0.717, 1.165) is 5.56 Å². The molecule has 1 N–H and O–H groups in total. The monoisotopic (exact) mass is 333 g/mol. The zero-order valence-electron chi connectivity index (χ0n) is 13.9. The smallest absolute Gasteiger partial charge is 0.312 e. The lowest BCUT2D eigenvalue weighted by molar-refractivity contribution is -0.157. The van der Waals surface area contributed by atoms with E-state index in [1.54, 1.807) is 7.11 Å². The third-order valence-electron chi connectivity index (χ3n) is 3.80. The first-order chi connectivity index (χ1) is 11.6. The quantitative estimate of drug-likeness (QED) is 0.537. The van der Waals surface area contributed by atoms with Gasteiger partial charge in [-0.05, 0) is 12.0 Å². The van der Waals surface area contributed by atoms with E-state index in [2.05, 4.69) is 5.32 Å². The van der Waals surface area contributed by atoms with Gasteiger partial charge in [-0.1, -0.05) is 30.3 Å². The Morgan fingerprint density at radius 2 is 1.79 bits per heavy atom. The molecule has 0 atom stereocenters. The third-order valence-corrected chi connectivity index (χ3v) is 3.80. The maximum absolute atomic E-state index is 12.2. The molecule has 3 amide bonds. The van der Waals surface area contributed by atoms with Crippen molar-refractivity contribution in [2.45, 2.75) is 13.0 Å². The fraction of sp³-hybridized carbons (Fsp3) is 0.471. The molecule has 0 aliphatic carbocycles. The Morgan fingerprint density at radius 3 is 2.50 bits per heavy atom. The van der Waals surface area contributed by atoms with Crippen molar-refractivity contribution in [1.29, 1.82) is 0 Å². The molecule has 24 heavy (non-hydrogen) atoms. The van der Waals surface area contributed by atoms with Crippen molar-refractivity contribution in [3.05, 3.63) is 35.9 Å². The second-order valence-electron chi connectivity index (χ2n) is 5.64. The van der Waals surface area contributed by atoms with Gasteiger partial charge >= 0.3 is 11.8 Å². The Balaban J connectivity index is 1.81. The van der Waals surface area contributed by atoms with Crippen LogP contribution in [0.25, 0.3) is 0 Å². The predicted octanol–water partition coefficient (Wildman–Crippen LogP) is 0.0101. The molecule has 0 unspecified atom stereocenters. The topological polar surface area (TPSA) is 79.0 Å². The van der Waals surface area contributed by atoms with E-state index in [4.69, 9.17) is 4.74 Å². The molecule has 1 saturated heterocycles. The Labute approximate surface area is 141 Å². The van der Waals surface area contributed by atoms with Gasteiger partial charge in [0.15, 0.2) is 0 Å². The summed E-state index contributed by atoms with van der Waals surface area (Å²) in [5.41, 5.74) is 0.975. The van der Waals surface area contributed by atoms with Gasteiger partial charge in [0.05, 0.1) is 0 Å². The molecule has 1 aromatic carbocycles. The molecular weight excluding hydrogens is 310 g/mol. The average Bonchev–Trinajstić information content (AvgIpc) is 2.59. The summed E-state index contributed by atoms with van der Waals surface area (Å²) < 4.78 is 4.90. The van der Waals surface area contributed by atoms with Gasteiger partial charge in [0, 0.05) is 39.9 Å². The Hall–Kier alpha value is -2.41. The van der Waals surface area contributed by atoms with Crippen molar-refractivity contribution >= 4 is 17.7 Å². The maximum atomic E-state index is 12.2. The Kier molecular flexibility index (Phi) is 6.74. The number of piperazine rings is 1. The van der Waals surface area contributed by atoms with E-state index < -0.39 is 11.8 Å². The van der Waals surface area contributed by atoms with E-state index in [-0.39, 0.29) is 12.5 Å². The van der Waals surface area contributed by atoms with Crippen molar-refractivity contribution in [3.63, 3.8) is 0 Å². The number of nitrogens with zero attached hydrogens (tertiary/aromatic N) is 2. The van der Waals surface area contributed by atoms with E-state index in [1.165, 1.54) is 9.80 Å². The number of carbonyl (C=O) groups is 3. The van der Waals surface area contributed by atoms with Crippen LogP contribution in [0.15, 0.2) is 30.3 Å². The number of ether oxygens (including phenoxy) is 1. The number of benzene rings is 1. The van der Waals surface area contributed by atoms with Gasteiger partial charge in [-0.15, -0.1) is 0 Å². The molecule has 0 radical (unpaired) electrons. The van der Waals surface area contributed by atoms with Crippen molar-refractivity contribution < 1.29 is 19.1 Å². The molecule has 1 aromatic rings. The van der Waals surface area contributed by atoms with Gasteiger partial charge < -0.3 is 19.9 Å². The van der Waals surface area contributed by atoms with Crippen LogP contribution in [0.5, 0.6) is 0 Å². The molecule has 1 aliphatic rings. The molecule has 1 fully saturated rings. The summed E-state index contributed by atoms with van der Waals surface area (Å²) >= 11 is 0. The van der Waals surface area contributed by atoms with Crippen LogP contribution >= 0.6 is 0 Å².